The molecule has 1 aliphatic heterocycles. The first-order valence-electron chi connectivity index (χ1n) is 5.52. The average molecular weight is 345 g/mol. The molecule has 4 unspecified atom stereocenters. The van der Waals surface area contributed by atoms with Gasteiger partial charge < -0.3 is 9.47 Å². The first-order chi connectivity index (χ1) is 9.57. The van der Waals surface area contributed by atoms with Crippen molar-refractivity contribution in [3.63, 3.8) is 0 Å². The number of nitrogens with zero attached hydrogens (tertiary/aromatic N) is 3. The maximum atomic E-state index is 11.3. The molecule has 0 aromatic carbocycles. The minimum absolute atomic E-state index is 0.216. The molecule has 0 radical (unpaired) electrons. The molecule has 0 amide bonds. The van der Waals surface area contributed by atoms with E-state index in [2.05, 4.69) is 10.0 Å². The predicted octanol–water partition coefficient (Wildman–Crippen LogP) is -0.642. The van der Waals surface area contributed by atoms with Crippen molar-refractivity contribution in [2.24, 2.45) is 5.11 Å². The molecule has 0 saturated carbocycles. The molecule has 21 heavy (non-hydrogen) atoms. The third-order valence-corrected chi connectivity index (χ3v) is 3.55. The molecule has 11 nitrogen and oxygen atoms in total. The molecule has 1 rings (SSSR count). The predicted molar refractivity (Wildman–Crippen MR) is 69.1 cm³/mol. The van der Waals surface area contributed by atoms with E-state index in [-0.39, 0.29) is 6.61 Å². The number of azide groups is 1. The molecule has 122 valence electrons. The molecular formula is C8H15N3O8S2. The van der Waals surface area contributed by atoms with Crippen LogP contribution in [-0.2, 0) is 38.1 Å². The Balaban J connectivity index is 3.19. The van der Waals surface area contributed by atoms with E-state index < -0.39 is 44.8 Å². The monoisotopic (exact) mass is 345 g/mol. The van der Waals surface area contributed by atoms with Gasteiger partial charge in [-0.3, -0.25) is 8.37 Å². The second-order valence-corrected chi connectivity index (χ2v) is 7.44. The maximum Gasteiger partial charge on any atom is 0.264 e. The van der Waals surface area contributed by atoms with Crippen molar-refractivity contribution >= 4 is 20.2 Å². The normalized spacial score (nSPS) is 30.6. The Labute approximate surface area is 122 Å². The molecular weight excluding hydrogens is 330 g/mol. The Morgan fingerprint density at radius 3 is 2.10 bits per heavy atom. The Morgan fingerprint density at radius 2 is 1.67 bits per heavy atom. The number of ether oxygens (including phenoxy) is 2. The Kier molecular flexibility index (Phi) is 5.92. The van der Waals surface area contributed by atoms with E-state index in [1.807, 2.05) is 0 Å². The number of hydrogen-bond acceptors (Lipinski definition) is 9. The molecule has 0 N–H and O–H groups in total. The van der Waals surface area contributed by atoms with E-state index >= 15 is 0 Å². The lowest BCUT2D eigenvalue weighted by molar-refractivity contribution is -0.223. The molecule has 0 aromatic heterocycles. The molecule has 4 atom stereocenters. The molecule has 1 aliphatic rings. The van der Waals surface area contributed by atoms with E-state index in [1.54, 1.807) is 0 Å². The second-order valence-electron chi connectivity index (χ2n) is 4.24. The fourth-order valence-electron chi connectivity index (χ4n) is 1.75. The first-order valence-corrected chi connectivity index (χ1v) is 9.16. The van der Waals surface area contributed by atoms with Gasteiger partial charge in [-0.25, -0.2) is 0 Å². The zero-order chi connectivity index (χ0) is 16.3. The summed E-state index contributed by atoms with van der Waals surface area (Å²) in [5.74, 6) is 0. The van der Waals surface area contributed by atoms with Crippen LogP contribution in [0, 0.1) is 0 Å². The van der Waals surface area contributed by atoms with Crippen LogP contribution in [0.25, 0.3) is 10.4 Å². The van der Waals surface area contributed by atoms with Crippen molar-refractivity contribution in [1.82, 2.24) is 0 Å². The van der Waals surface area contributed by atoms with Crippen molar-refractivity contribution in [1.29, 1.82) is 0 Å². The number of hydrogen-bond donors (Lipinski definition) is 0. The quantitative estimate of drug-likeness (QED) is 0.266. The smallest absolute Gasteiger partial charge is 0.264 e. The minimum Gasteiger partial charge on any atom is -0.353 e. The molecule has 1 saturated heterocycles. The molecule has 0 aliphatic carbocycles. The summed E-state index contributed by atoms with van der Waals surface area (Å²) in [6.45, 7) is -0.216. The highest BCUT2D eigenvalue weighted by atomic mass is 32.2. The standard InChI is InChI=1S/C8H15N3O8S2/c1-16-8-7(19-21(3,14)15)6(18-20(2,12)13)5(4-17-8)10-11-9/h5-8H,4H2,1-3H3. The SMILES string of the molecule is COC1OCC(N=[N+]=[N-])C(OS(C)(=O)=O)C1OS(C)(=O)=O. The van der Waals surface area contributed by atoms with Gasteiger partial charge in [0.15, 0.2) is 12.4 Å². The summed E-state index contributed by atoms with van der Waals surface area (Å²) in [4.78, 5) is 2.55. The first kappa shape index (κ1) is 18.1. The van der Waals surface area contributed by atoms with E-state index in [1.165, 1.54) is 7.11 Å². The van der Waals surface area contributed by atoms with Crippen molar-refractivity contribution in [3.8, 4) is 0 Å². The lowest BCUT2D eigenvalue weighted by atomic mass is 10.0. The highest BCUT2D eigenvalue weighted by Gasteiger charge is 2.45. The third-order valence-electron chi connectivity index (χ3n) is 2.41. The molecule has 13 heteroatoms. The average Bonchev–Trinajstić information content (AvgIpc) is 2.30. The summed E-state index contributed by atoms with van der Waals surface area (Å²) in [6.07, 6.45) is -2.49. The number of rotatable bonds is 6. The fourth-order valence-corrected chi connectivity index (χ4v) is 2.99. The number of methoxy groups -OCH3 is 1. The van der Waals surface area contributed by atoms with Gasteiger partial charge in [-0.1, -0.05) is 5.11 Å². The summed E-state index contributed by atoms with van der Waals surface area (Å²) in [5, 5.41) is 3.33. The zero-order valence-electron chi connectivity index (χ0n) is 11.4. The highest BCUT2D eigenvalue weighted by molar-refractivity contribution is 7.86. The highest BCUT2D eigenvalue weighted by Crippen LogP contribution is 2.26. The van der Waals surface area contributed by atoms with E-state index in [0.29, 0.717) is 0 Å². The summed E-state index contributed by atoms with van der Waals surface area (Å²) in [6, 6.07) is -1.09. The lowest BCUT2D eigenvalue weighted by Gasteiger charge is -2.38. The van der Waals surface area contributed by atoms with E-state index in [9.17, 15) is 16.8 Å². The van der Waals surface area contributed by atoms with Crippen LogP contribution in [0.5, 0.6) is 0 Å². The summed E-state index contributed by atoms with van der Waals surface area (Å²) >= 11 is 0. The van der Waals surface area contributed by atoms with Gasteiger partial charge in [0.1, 0.15) is 6.10 Å². The van der Waals surface area contributed by atoms with Crippen molar-refractivity contribution < 1.29 is 34.7 Å². The van der Waals surface area contributed by atoms with Crippen molar-refractivity contribution in [3.05, 3.63) is 10.4 Å². The molecule has 0 bridgehead atoms. The Hall–Kier alpha value is -0.950. The van der Waals surface area contributed by atoms with Crippen LogP contribution in [0.4, 0.5) is 0 Å². The van der Waals surface area contributed by atoms with Gasteiger partial charge >= 0.3 is 0 Å². The van der Waals surface area contributed by atoms with Gasteiger partial charge in [-0.2, -0.15) is 16.8 Å². The lowest BCUT2D eigenvalue weighted by Crippen LogP contribution is -2.56. The largest absolute Gasteiger partial charge is 0.353 e. The third kappa shape index (κ3) is 5.74. The van der Waals surface area contributed by atoms with Crippen LogP contribution in [0.15, 0.2) is 5.11 Å². The Morgan fingerprint density at radius 1 is 1.14 bits per heavy atom. The van der Waals surface area contributed by atoms with E-state index in [4.69, 9.17) is 23.4 Å². The van der Waals surface area contributed by atoms with Crippen LogP contribution >= 0.6 is 0 Å². The van der Waals surface area contributed by atoms with Crippen LogP contribution in [0.1, 0.15) is 0 Å². The van der Waals surface area contributed by atoms with Gasteiger partial charge in [-0.15, -0.1) is 0 Å². The summed E-state index contributed by atoms with van der Waals surface area (Å²) in [7, 11) is -6.71. The fraction of sp³-hybridized carbons (Fsp3) is 1.00. The van der Waals surface area contributed by atoms with Gasteiger partial charge in [0.05, 0.1) is 25.2 Å². The summed E-state index contributed by atoms with van der Waals surface area (Å²) < 4.78 is 64.8. The van der Waals surface area contributed by atoms with Crippen LogP contribution in [-0.4, -0.2) is 67.6 Å². The maximum absolute atomic E-state index is 11.3. The van der Waals surface area contributed by atoms with Gasteiger partial charge in [0, 0.05) is 12.0 Å². The minimum atomic E-state index is -3.96. The molecule has 1 fully saturated rings. The zero-order valence-corrected chi connectivity index (χ0v) is 13.1. The van der Waals surface area contributed by atoms with Crippen LogP contribution in [0.3, 0.4) is 0 Å². The molecule has 1 heterocycles. The van der Waals surface area contributed by atoms with Crippen molar-refractivity contribution in [2.75, 3.05) is 26.2 Å². The topological polar surface area (TPSA) is 154 Å². The van der Waals surface area contributed by atoms with Gasteiger partial charge in [0.25, 0.3) is 20.2 Å². The van der Waals surface area contributed by atoms with Crippen LogP contribution < -0.4 is 0 Å². The molecule has 0 spiro atoms. The van der Waals surface area contributed by atoms with Gasteiger partial charge in [0.2, 0.25) is 0 Å². The second kappa shape index (κ2) is 6.87. The van der Waals surface area contributed by atoms with E-state index in [0.717, 1.165) is 12.5 Å². The van der Waals surface area contributed by atoms with Crippen molar-refractivity contribution in [2.45, 2.75) is 24.5 Å². The summed E-state index contributed by atoms with van der Waals surface area (Å²) in [5.41, 5.74) is 8.48. The Bertz CT molecular complexity index is 611. The van der Waals surface area contributed by atoms with Gasteiger partial charge in [-0.05, 0) is 5.53 Å². The van der Waals surface area contributed by atoms with Crippen LogP contribution in [0.2, 0.25) is 0 Å². The molecule has 0 aromatic rings.